The fraction of sp³-hybridized carbons (Fsp3) is 0.0769. The lowest BCUT2D eigenvalue weighted by atomic mass is 10.1. The Morgan fingerprint density at radius 2 is 2.10 bits per heavy atom. The minimum absolute atomic E-state index is 0.0548. The molecular weight excluding hydrogens is 285 g/mol. The molecule has 0 radical (unpaired) electrons. The number of benzene rings is 1. The third-order valence-corrected chi connectivity index (χ3v) is 3.43. The topological polar surface area (TPSA) is 89.6 Å². The molecule has 0 unspecified atom stereocenters. The van der Waals surface area contributed by atoms with E-state index in [2.05, 4.69) is 0 Å². The highest BCUT2D eigenvalue weighted by Crippen LogP contribution is 2.26. The van der Waals surface area contributed by atoms with Gasteiger partial charge in [0.05, 0.1) is 0 Å². The summed E-state index contributed by atoms with van der Waals surface area (Å²) < 4.78 is 19.0. The van der Waals surface area contributed by atoms with E-state index in [-0.39, 0.29) is 28.4 Å². The molecule has 1 heterocycles. The van der Waals surface area contributed by atoms with Crippen molar-refractivity contribution >= 4 is 23.2 Å². The number of rotatable bonds is 5. The fourth-order valence-corrected chi connectivity index (χ4v) is 2.21. The van der Waals surface area contributed by atoms with Crippen LogP contribution in [0.15, 0.2) is 29.6 Å². The molecule has 0 aliphatic heterocycles. The predicted octanol–water partition coefficient (Wildman–Crippen LogP) is 2.26. The van der Waals surface area contributed by atoms with Crippen LogP contribution >= 0.6 is 11.3 Å². The van der Waals surface area contributed by atoms with Gasteiger partial charge in [-0.15, -0.1) is 11.3 Å². The van der Waals surface area contributed by atoms with E-state index < -0.39 is 17.7 Å². The van der Waals surface area contributed by atoms with Gasteiger partial charge in [0.25, 0.3) is 0 Å². The van der Waals surface area contributed by atoms with E-state index in [1.165, 1.54) is 18.2 Å². The zero-order chi connectivity index (χ0) is 14.7. The van der Waals surface area contributed by atoms with Crippen LogP contribution in [0, 0.1) is 5.82 Å². The van der Waals surface area contributed by atoms with Gasteiger partial charge in [0.15, 0.2) is 4.88 Å². The number of primary amides is 1. The number of amides is 1. The van der Waals surface area contributed by atoms with Crippen LogP contribution in [0.2, 0.25) is 0 Å². The average molecular weight is 295 g/mol. The molecule has 0 saturated heterocycles. The van der Waals surface area contributed by atoms with Crippen molar-refractivity contribution in [2.24, 2.45) is 5.73 Å². The van der Waals surface area contributed by atoms with Crippen LogP contribution in [0.5, 0.6) is 5.75 Å². The van der Waals surface area contributed by atoms with Gasteiger partial charge in [-0.05, 0) is 23.6 Å². The van der Waals surface area contributed by atoms with Crippen molar-refractivity contribution in [1.29, 1.82) is 0 Å². The third-order valence-electron chi connectivity index (χ3n) is 2.54. The van der Waals surface area contributed by atoms with Crippen LogP contribution < -0.4 is 10.5 Å². The van der Waals surface area contributed by atoms with Gasteiger partial charge in [0.2, 0.25) is 5.91 Å². The van der Waals surface area contributed by atoms with Gasteiger partial charge in [0.1, 0.15) is 18.2 Å². The normalized spacial score (nSPS) is 10.2. The maximum absolute atomic E-state index is 13.7. The molecule has 2 rings (SSSR count). The molecule has 0 spiro atoms. The Kier molecular flexibility index (Phi) is 3.99. The predicted molar refractivity (Wildman–Crippen MR) is 70.5 cm³/mol. The Morgan fingerprint density at radius 1 is 1.35 bits per heavy atom. The fourth-order valence-electron chi connectivity index (χ4n) is 1.54. The van der Waals surface area contributed by atoms with Gasteiger partial charge >= 0.3 is 5.97 Å². The molecule has 1 aromatic heterocycles. The largest absolute Gasteiger partial charge is 0.487 e. The van der Waals surface area contributed by atoms with Crippen molar-refractivity contribution in [3.8, 4) is 5.75 Å². The van der Waals surface area contributed by atoms with Crippen LogP contribution in [0.4, 0.5) is 4.39 Å². The molecule has 0 saturated carbocycles. The standard InChI is InChI=1S/C13H10FNO4S/c14-9-5-7(12(15)16)1-2-8(9)6-19-10-3-4-20-11(10)13(17)18/h1-5H,6H2,(H2,15,16)(H,17,18). The smallest absolute Gasteiger partial charge is 0.349 e. The summed E-state index contributed by atoms with van der Waals surface area (Å²) in [6.45, 7) is -0.137. The van der Waals surface area contributed by atoms with Crippen molar-refractivity contribution < 1.29 is 23.8 Å². The number of carboxylic acids is 1. The zero-order valence-electron chi connectivity index (χ0n) is 10.1. The number of ether oxygens (including phenoxy) is 1. The van der Waals surface area contributed by atoms with Gasteiger partial charge in [-0.25, -0.2) is 9.18 Å². The van der Waals surface area contributed by atoms with Gasteiger partial charge in [-0.1, -0.05) is 6.07 Å². The summed E-state index contributed by atoms with van der Waals surface area (Å²) in [7, 11) is 0. The van der Waals surface area contributed by atoms with Crippen molar-refractivity contribution in [2.75, 3.05) is 0 Å². The van der Waals surface area contributed by atoms with Crippen LogP contribution in [0.1, 0.15) is 25.6 Å². The number of halogens is 1. The van der Waals surface area contributed by atoms with Crippen molar-refractivity contribution in [1.82, 2.24) is 0 Å². The Bertz CT molecular complexity index is 668. The number of nitrogens with two attached hydrogens (primary N) is 1. The lowest BCUT2D eigenvalue weighted by Crippen LogP contribution is -2.12. The molecule has 0 aliphatic rings. The first-order valence-corrected chi connectivity index (χ1v) is 6.39. The van der Waals surface area contributed by atoms with E-state index in [1.807, 2.05) is 0 Å². The molecule has 3 N–H and O–H groups in total. The SMILES string of the molecule is NC(=O)c1ccc(COc2ccsc2C(=O)O)c(F)c1. The Hall–Kier alpha value is -2.41. The molecular formula is C13H10FNO4S. The highest BCUT2D eigenvalue weighted by molar-refractivity contribution is 7.12. The third kappa shape index (κ3) is 2.94. The minimum atomic E-state index is -1.10. The molecule has 1 amide bonds. The van der Waals surface area contributed by atoms with Crippen molar-refractivity contribution in [3.63, 3.8) is 0 Å². The van der Waals surface area contributed by atoms with E-state index >= 15 is 0 Å². The molecule has 0 fully saturated rings. The molecule has 1 aromatic carbocycles. The second-order valence-electron chi connectivity index (χ2n) is 3.88. The average Bonchev–Trinajstić information content (AvgIpc) is 2.85. The quantitative estimate of drug-likeness (QED) is 0.885. The zero-order valence-corrected chi connectivity index (χ0v) is 10.9. The minimum Gasteiger partial charge on any atom is -0.487 e. The number of aromatic carboxylic acids is 1. The van der Waals surface area contributed by atoms with E-state index in [0.717, 1.165) is 17.4 Å². The first-order valence-electron chi connectivity index (χ1n) is 5.51. The molecule has 0 aliphatic carbocycles. The Labute approximate surface area is 117 Å². The van der Waals surface area contributed by atoms with Crippen LogP contribution in [-0.4, -0.2) is 17.0 Å². The highest BCUT2D eigenvalue weighted by atomic mass is 32.1. The second kappa shape index (κ2) is 5.70. The summed E-state index contributed by atoms with van der Waals surface area (Å²) in [5.74, 6) is -2.27. The Balaban J connectivity index is 2.13. The van der Waals surface area contributed by atoms with Crippen LogP contribution in [0.25, 0.3) is 0 Å². The van der Waals surface area contributed by atoms with Crippen LogP contribution in [0.3, 0.4) is 0 Å². The first kappa shape index (κ1) is 14.0. The van der Waals surface area contributed by atoms with E-state index in [9.17, 15) is 14.0 Å². The van der Waals surface area contributed by atoms with E-state index in [4.69, 9.17) is 15.6 Å². The molecule has 5 nitrogen and oxygen atoms in total. The maximum atomic E-state index is 13.7. The second-order valence-corrected chi connectivity index (χ2v) is 4.79. The lowest BCUT2D eigenvalue weighted by molar-refractivity contribution is 0.0697. The summed E-state index contributed by atoms with van der Waals surface area (Å²) >= 11 is 1.02. The summed E-state index contributed by atoms with van der Waals surface area (Å²) in [4.78, 5) is 21.8. The van der Waals surface area contributed by atoms with Crippen LogP contribution in [-0.2, 0) is 6.61 Å². The van der Waals surface area contributed by atoms with Crippen molar-refractivity contribution in [3.05, 3.63) is 51.5 Å². The number of carbonyl (C=O) groups is 2. The maximum Gasteiger partial charge on any atom is 0.349 e. The number of thiophene rings is 1. The number of hydrogen-bond acceptors (Lipinski definition) is 4. The number of hydrogen-bond donors (Lipinski definition) is 2. The molecule has 0 atom stereocenters. The molecule has 104 valence electrons. The molecule has 2 aromatic rings. The molecule has 20 heavy (non-hydrogen) atoms. The summed E-state index contributed by atoms with van der Waals surface area (Å²) in [5, 5.41) is 10.5. The highest BCUT2D eigenvalue weighted by Gasteiger charge is 2.14. The van der Waals surface area contributed by atoms with Crippen molar-refractivity contribution in [2.45, 2.75) is 6.61 Å². The summed E-state index contributed by atoms with van der Waals surface area (Å²) in [6, 6.07) is 5.29. The molecule has 0 bridgehead atoms. The lowest BCUT2D eigenvalue weighted by Gasteiger charge is -2.07. The number of carbonyl (C=O) groups excluding carboxylic acids is 1. The van der Waals surface area contributed by atoms with Gasteiger partial charge in [-0.2, -0.15) is 0 Å². The Morgan fingerprint density at radius 3 is 2.70 bits per heavy atom. The summed E-state index contributed by atoms with van der Waals surface area (Å²) in [6.07, 6.45) is 0. The van der Waals surface area contributed by atoms with E-state index in [0.29, 0.717) is 0 Å². The van der Waals surface area contributed by atoms with Gasteiger partial charge < -0.3 is 15.6 Å². The monoisotopic (exact) mass is 295 g/mol. The van der Waals surface area contributed by atoms with Gasteiger partial charge in [-0.3, -0.25) is 4.79 Å². The van der Waals surface area contributed by atoms with Gasteiger partial charge in [0, 0.05) is 11.1 Å². The van der Waals surface area contributed by atoms with E-state index in [1.54, 1.807) is 5.38 Å². The number of carboxylic acid groups (broad SMARTS) is 1. The molecule has 7 heteroatoms. The summed E-state index contributed by atoms with van der Waals surface area (Å²) in [5.41, 5.74) is 5.31. The first-order chi connectivity index (χ1) is 9.49.